The number of nitrogens with two attached hydrogens (primary N) is 1. The van der Waals surface area contributed by atoms with E-state index in [9.17, 15) is 13.5 Å². The first kappa shape index (κ1) is 25.6. The van der Waals surface area contributed by atoms with Crippen LogP contribution < -0.4 is 11.1 Å². The van der Waals surface area contributed by atoms with E-state index in [4.69, 9.17) is 25.9 Å². The number of hydrogen-bond acceptors (Lipinski definition) is 9. The Morgan fingerprint density at radius 1 is 1.06 bits per heavy atom. The highest BCUT2D eigenvalue weighted by Crippen LogP contribution is 2.30. The zero-order valence-electron chi connectivity index (χ0n) is 19.7. The van der Waals surface area contributed by atoms with E-state index in [-0.39, 0.29) is 17.3 Å². The normalized spacial score (nSPS) is 12.2. The summed E-state index contributed by atoms with van der Waals surface area (Å²) in [4.78, 5) is 9.05. The van der Waals surface area contributed by atoms with Gasteiger partial charge in [-0.2, -0.15) is 0 Å². The monoisotopic (exact) mass is 499 g/mol. The molecule has 12 heteroatoms. The standard InChI is InChI=1S/C24H23B2N5O4S/c1-14(2)36(33,34)18-9-7-17(8-10-18)20-13-28-23(27)22(30-20)21-11-19(31-35-21)16-5-3-15(4-6-16)12-29-24(25,26)32/h3-11,13-14,29,32H,12H2,1-2H3,(H2,27,28). The van der Waals surface area contributed by atoms with Crippen LogP contribution >= 0.6 is 0 Å². The number of hydrogen-bond donors (Lipinski definition) is 3. The molecule has 4 rings (SSSR count). The lowest BCUT2D eigenvalue weighted by molar-refractivity contribution is 0.172. The van der Waals surface area contributed by atoms with Crippen molar-refractivity contribution in [3.63, 3.8) is 0 Å². The minimum Gasteiger partial charge on any atom is -0.395 e. The van der Waals surface area contributed by atoms with Crippen LogP contribution in [0.15, 0.2) is 70.2 Å². The van der Waals surface area contributed by atoms with Crippen molar-refractivity contribution in [1.29, 1.82) is 0 Å². The quantitative estimate of drug-likeness (QED) is 0.246. The predicted octanol–water partition coefficient (Wildman–Crippen LogP) is 2.26. The Morgan fingerprint density at radius 2 is 1.67 bits per heavy atom. The van der Waals surface area contributed by atoms with Gasteiger partial charge in [-0.3, -0.25) is 0 Å². The van der Waals surface area contributed by atoms with Crippen molar-refractivity contribution >= 4 is 31.3 Å². The summed E-state index contributed by atoms with van der Waals surface area (Å²) < 4.78 is 30.3. The summed E-state index contributed by atoms with van der Waals surface area (Å²) in [6.45, 7) is 3.55. The number of benzene rings is 2. The highest BCUT2D eigenvalue weighted by molar-refractivity contribution is 7.92. The topological polar surface area (TPSA) is 144 Å². The average molecular weight is 499 g/mol. The molecule has 0 aliphatic rings. The van der Waals surface area contributed by atoms with Gasteiger partial charge in [-0.1, -0.05) is 41.6 Å². The van der Waals surface area contributed by atoms with Gasteiger partial charge in [-0.05, 0) is 31.5 Å². The molecule has 2 aromatic heterocycles. The molecule has 4 radical (unpaired) electrons. The summed E-state index contributed by atoms with van der Waals surface area (Å²) in [7, 11) is 7.25. The lowest BCUT2D eigenvalue weighted by Crippen LogP contribution is -2.45. The van der Waals surface area contributed by atoms with Gasteiger partial charge < -0.3 is 20.7 Å². The van der Waals surface area contributed by atoms with Crippen LogP contribution in [0, 0.1) is 0 Å². The van der Waals surface area contributed by atoms with Crippen molar-refractivity contribution in [3.05, 3.63) is 66.4 Å². The molecule has 0 saturated carbocycles. The molecule has 36 heavy (non-hydrogen) atoms. The molecule has 0 aliphatic carbocycles. The second-order valence-corrected chi connectivity index (χ2v) is 11.1. The van der Waals surface area contributed by atoms with Crippen LogP contribution in [-0.4, -0.2) is 55.1 Å². The van der Waals surface area contributed by atoms with Crippen LogP contribution in [0.2, 0.25) is 0 Å². The van der Waals surface area contributed by atoms with Crippen molar-refractivity contribution in [2.24, 2.45) is 0 Å². The van der Waals surface area contributed by atoms with Gasteiger partial charge in [0.05, 0.1) is 22.0 Å². The zero-order chi connectivity index (χ0) is 26.1. The maximum absolute atomic E-state index is 12.4. The molecule has 4 N–H and O–H groups in total. The van der Waals surface area contributed by atoms with Crippen LogP contribution in [0.3, 0.4) is 0 Å². The number of sulfone groups is 1. The number of nitrogens with zero attached hydrogens (tertiary/aromatic N) is 3. The number of nitrogen functional groups attached to an aromatic ring is 1. The Hall–Kier alpha value is -3.47. The van der Waals surface area contributed by atoms with Crippen LogP contribution in [0.25, 0.3) is 34.0 Å². The summed E-state index contributed by atoms with van der Waals surface area (Å²) in [6.07, 6.45) is 1.51. The average Bonchev–Trinajstić information content (AvgIpc) is 3.33. The fraction of sp³-hybridized carbons (Fsp3) is 0.208. The van der Waals surface area contributed by atoms with E-state index in [0.29, 0.717) is 28.4 Å². The Morgan fingerprint density at radius 3 is 2.28 bits per heavy atom. The number of nitrogens with one attached hydrogen (secondary N) is 1. The van der Waals surface area contributed by atoms with E-state index in [1.807, 2.05) is 24.3 Å². The molecular weight excluding hydrogens is 476 g/mol. The maximum atomic E-state index is 12.4. The Labute approximate surface area is 211 Å². The number of rotatable bonds is 8. The minimum atomic E-state index is -3.38. The molecule has 2 heterocycles. The van der Waals surface area contributed by atoms with Gasteiger partial charge in [-0.15, -0.1) is 0 Å². The van der Waals surface area contributed by atoms with Crippen LogP contribution in [0.1, 0.15) is 19.4 Å². The van der Waals surface area contributed by atoms with E-state index in [0.717, 1.165) is 11.1 Å². The number of aromatic nitrogens is 3. The molecule has 0 aliphatic heterocycles. The summed E-state index contributed by atoms with van der Waals surface area (Å²) in [5, 5.41) is 15.6. The highest BCUT2D eigenvalue weighted by atomic mass is 32.2. The van der Waals surface area contributed by atoms with Crippen molar-refractivity contribution in [1.82, 2.24) is 20.4 Å². The lowest BCUT2D eigenvalue weighted by Gasteiger charge is -2.20. The van der Waals surface area contributed by atoms with Gasteiger partial charge in [0, 0.05) is 29.3 Å². The molecule has 0 saturated heterocycles. The largest absolute Gasteiger partial charge is 0.395 e. The van der Waals surface area contributed by atoms with E-state index in [1.165, 1.54) is 6.20 Å². The Bertz CT molecular complexity index is 1470. The summed E-state index contributed by atoms with van der Waals surface area (Å²) in [6, 6.07) is 15.5. The first-order valence-corrected chi connectivity index (χ1v) is 12.6. The SMILES string of the molecule is [B]C([B])(O)NCc1ccc(-c2cc(-c3nc(-c4ccc(S(=O)(=O)C(C)C)cc4)cnc3N)on2)cc1. The first-order chi connectivity index (χ1) is 16.9. The molecule has 0 fully saturated rings. The van der Waals surface area contributed by atoms with Crippen LogP contribution in [0.5, 0.6) is 0 Å². The third-order valence-corrected chi connectivity index (χ3v) is 7.64. The maximum Gasteiger partial charge on any atom is 0.189 e. The van der Waals surface area contributed by atoms with E-state index >= 15 is 0 Å². The van der Waals surface area contributed by atoms with Gasteiger partial charge in [0.25, 0.3) is 0 Å². The van der Waals surface area contributed by atoms with E-state index < -0.39 is 20.6 Å². The smallest absolute Gasteiger partial charge is 0.189 e. The number of aliphatic hydroxyl groups is 1. The van der Waals surface area contributed by atoms with Gasteiger partial charge in [0.1, 0.15) is 21.4 Å². The molecule has 180 valence electrons. The van der Waals surface area contributed by atoms with E-state index in [1.54, 1.807) is 44.2 Å². The predicted molar refractivity (Wildman–Crippen MR) is 138 cm³/mol. The van der Waals surface area contributed by atoms with Crippen molar-refractivity contribution < 1.29 is 18.0 Å². The van der Waals surface area contributed by atoms with Gasteiger partial charge in [-0.25, -0.2) is 18.4 Å². The third kappa shape index (κ3) is 5.67. The molecule has 2 aromatic carbocycles. The zero-order valence-corrected chi connectivity index (χ0v) is 20.5. The molecule has 9 nitrogen and oxygen atoms in total. The molecular formula is C24H23B2N5O4S. The molecule has 0 amide bonds. The fourth-order valence-electron chi connectivity index (χ4n) is 3.37. The molecule has 0 bridgehead atoms. The van der Waals surface area contributed by atoms with Crippen molar-refractivity contribution in [3.8, 4) is 34.0 Å². The van der Waals surface area contributed by atoms with E-state index in [2.05, 4.69) is 20.4 Å². The highest BCUT2D eigenvalue weighted by Gasteiger charge is 2.20. The molecule has 0 atom stereocenters. The Balaban J connectivity index is 1.57. The van der Waals surface area contributed by atoms with Gasteiger partial charge in [0.15, 0.2) is 27.1 Å². The molecule has 0 unspecified atom stereocenters. The van der Waals surface area contributed by atoms with Crippen LogP contribution in [-0.2, 0) is 16.4 Å². The van der Waals surface area contributed by atoms with Gasteiger partial charge >= 0.3 is 0 Å². The van der Waals surface area contributed by atoms with Crippen LogP contribution in [0.4, 0.5) is 5.82 Å². The van der Waals surface area contributed by atoms with Crippen molar-refractivity contribution in [2.45, 2.75) is 36.1 Å². The lowest BCUT2D eigenvalue weighted by atomic mass is 9.73. The summed E-state index contributed by atoms with van der Waals surface area (Å²) >= 11 is 0. The third-order valence-electron chi connectivity index (χ3n) is 5.47. The fourth-order valence-corrected chi connectivity index (χ4v) is 4.43. The summed E-state index contributed by atoms with van der Waals surface area (Å²) in [5.74, 6) is 0.496. The second-order valence-electron chi connectivity index (χ2n) is 8.56. The minimum absolute atomic E-state index is 0.165. The molecule has 0 spiro atoms. The van der Waals surface area contributed by atoms with Gasteiger partial charge in [0.2, 0.25) is 0 Å². The number of anilines is 1. The van der Waals surface area contributed by atoms with Crippen molar-refractivity contribution in [2.75, 3.05) is 5.73 Å². The second kappa shape index (κ2) is 9.88. The first-order valence-electron chi connectivity index (χ1n) is 11.0. The molecule has 4 aromatic rings. The summed E-state index contributed by atoms with van der Waals surface area (Å²) in [5.41, 5.74) is 7.81. The Kier molecular flexibility index (Phi) is 7.03.